The second-order valence-electron chi connectivity index (χ2n) is 8.15. The summed E-state index contributed by atoms with van der Waals surface area (Å²) in [5.41, 5.74) is 4.41. The number of para-hydroxylation sites is 1. The fourth-order valence-corrected chi connectivity index (χ4v) is 3.90. The summed E-state index contributed by atoms with van der Waals surface area (Å²) in [4.78, 5) is 27.4. The van der Waals surface area contributed by atoms with Gasteiger partial charge in [0.15, 0.2) is 0 Å². The van der Waals surface area contributed by atoms with Crippen molar-refractivity contribution < 1.29 is 14.3 Å². The maximum absolute atomic E-state index is 12.8. The number of aryl methyl sites for hydroxylation is 2. The van der Waals surface area contributed by atoms with Crippen LogP contribution in [0, 0.1) is 25.2 Å². The molecule has 2 aromatic carbocycles. The van der Waals surface area contributed by atoms with Crippen molar-refractivity contribution >= 4 is 34.5 Å². The lowest BCUT2D eigenvalue weighted by Crippen LogP contribution is -2.42. The third-order valence-corrected chi connectivity index (χ3v) is 5.92. The van der Waals surface area contributed by atoms with Gasteiger partial charge in [0.1, 0.15) is 18.2 Å². The molecule has 2 amide bonds. The summed E-state index contributed by atoms with van der Waals surface area (Å²) in [6, 6.07) is 15.3. The van der Waals surface area contributed by atoms with Gasteiger partial charge < -0.3 is 19.5 Å². The average Bonchev–Trinajstić information content (AvgIpc) is 3.17. The first kappa shape index (κ1) is 22.3. The van der Waals surface area contributed by atoms with Crippen LogP contribution in [0.1, 0.15) is 16.7 Å². The van der Waals surface area contributed by atoms with E-state index in [9.17, 15) is 14.9 Å². The molecule has 0 bridgehead atoms. The van der Waals surface area contributed by atoms with Crippen molar-refractivity contribution in [3.05, 3.63) is 70.9 Å². The van der Waals surface area contributed by atoms with Crippen LogP contribution >= 0.6 is 0 Å². The minimum absolute atomic E-state index is 0.00404. The molecule has 0 aliphatic carbocycles. The maximum atomic E-state index is 12.8. The molecule has 0 radical (unpaired) electrons. The molecule has 1 N–H and O–H groups in total. The normalized spacial score (nSPS) is 14.2. The van der Waals surface area contributed by atoms with Gasteiger partial charge in [-0.2, -0.15) is 5.26 Å². The standard InChI is InChI=1S/C26H26N4O3/c1-18-7-8-22(13-19(18)2)28-26(32)20(15-27)14-21-16-30(24-6-4-3-5-23(21)24)17-25(31)29-9-11-33-12-10-29/h3-8,13-14,16H,9-12,17H2,1-2H3,(H,28,32)/b20-14-. The van der Waals surface area contributed by atoms with E-state index in [1.165, 1.54) is 0 Å². The van der Waals surface area contributed by atoms with Gasteiger partial charge in [0.05, 0.1) is 13.2 Å². The van der Waals surface area contributed by atoms with Crippen LogP contribution in [0.15, 0.2) is 54.2 Å². The summed E-state index contributed by atoms with van der Waals surface area (Å²) in [5.74, 6) is -0.454. The number of amides is 2. The number of benzene rings is 2. The lowest BCUT2D eigenvalue weighted by molar-refractivity contribution is -0.135. The largest absolute Gasteiger partial charge is 0.378 e. The first-order valence-electron chi connectivity index (χ1n) is 10.9. The SMILES string of the molecule is Cc1ccc(NC(=O)/C(C#N)=C\c2cn(CC(=O)N3CCOCC3)c3ccccc23)cc1C. The number of nitriles is 1. The predicted molar refractivity (Wildman–Crippen MR) is 127 cm³/mol. The van der Waals surface area contributed by atoms with E-state index in [0.717, 1.165) is 22.0 Å². The molecular weight excluding hydrogens is 416 g/mol. The molecule has 33 heavy (non-hydrogen) atoms. The van der Waals surface area contributed by atoms with E-state index in [2.05, 4.69) is 5.32 Å². The molecule has 1 aromatic heterocycles. The highest BCUT2D eigenvalue weighted by Gasteiger charge is 2.19. The van der Waals surface area contributed by atoms with Gasteiger partial charge in [-0.1, -0.05) is 24.3 Å². The van der Waals surface area contributed by atoms with Gasteiger partial charge in [-0.15, -0.1) is 0 Å². The molecular formula is C26H26N4O3. The highest BCUT2D eigenvalue weighted by atomic mass is 16.5. The van der Waals surface area contributed by atoms with Crippen LogP contribution in [0.3, 0.4) is 0 Å². The monoisotopic (exact) mass is 442 g/mol. The van der Waals surface area contributed by atoms with Crippen LogP contribution < -0.4 is 5.32 Å². The summed E-state index contributed by atoms with van der Waals surface area (Å²) < 4.78 is 7.20. The van der Waals surface area contributed by atoms with Gasteiger partial charge in [0.2, 0.25) is 5.91 Å². The number of nitrogens with zero attached hydrogens (tertiary/aromatic N) is 3. The molecule has 4 rings (SSSR count). The van der Waals surface area contributed by atoms with Crippen LogP contribution in [0.2, 0.25) is 0 Å². The number of fused-ring (bicyclic) bond motifs is 1. The summed E-state index contributed by atoms with van der Waals surface area (Å²) in [6.07, 6.45) is 3.40. The van der Waals surface area contributed by atoms with Crippen LogP contribution in [-0.2, 0) is 20.9 Å². The Bertz CT molecular complexity index is 1280. The number of nitrogens with one attached hydrogen (secondary N) is 1. The smallest absolute Gasteiger partial charge is 0.266 e. The predicted octanol–water partition coefficient (Wildman–Crippen LogP) is 3.66. The van der Waals surface area contributed by atoms with Crippen molar-refractivity contribution in [3.8, 4) is 6.07 Å². The number of carbonyl (C=O) groups is 2. The Balaban J connectivity index is 1.61. The van der Waals surface area contributed by atoms with E-state index in [1.807, 2.05) is 73.1 Å². The number of ether oxygens (including phenoxy) is 1. The Morgan fingerprint density at radius 3 is 2.61 bits per heavy atom. The zero-order valence-corrected chi connectivity index (χ0v) is 18.8. The van der Waals surface area contributed by atoms with Crippen molar-refractivity contribution in [1.82, 2.24) is 9.47 Å². The molecule has 2 heterocycles. The molecule has 7 heteroatoms. The quantitative estimate of drug-likeness (QED) is 0.483. The molecule has 0 spiro atoms. The number of rotatable bonds is 5. The van der Waals surface area contributed by atoms with E-state index in [4.69, 9.17) is 4.74 Å². The first-order chi connectivity index (χ1) is 16.0. The van der Waals surface area contributed by atoms with Crippen LogP contribution in [0.4, 0.5) is 5.69 Å². The first-order valence-corrected chi connectivity index (χ1v) is 10.9. The van der Waals surface area contributed by atoms with Crippen LogP contribution in [-0.4, -0.2) is 47.6 Å². The van der Waals surface area contributed by atoms with Crippen molar-refractivity contribution in [2.45, 2.75) is 20.4 Å². The highest BCUT2D eigenvalue weighted by Crippen LogP contribution is 2.24. The van der Waals surface area contributed by atoms with Gasteiger partial charge in [0.25, 0.3) is 5.91 Å². The number of aromatic nitrogens is 1. The minimum Gasteiger partial charge on any atom is -0.378 e. The Hall–Kier alpha value is -3.89. The van der Waals surface area contributed by atoms with Crippen molar-refractivity contribution in [2.75, 3.05) is 31.6 Å². The number of hydrogen-bond donors (Lipinski definition) is 1. The van der Waals surface area contributed by atoms with E-state index in [-0.39, 0.29) is 18.0 Å². The number of morpholine rings is 1. The molecule has 168 valence electrons. The van der Waals surface area contributed by atoms with Crippen molar-refractivity contribution in [2.24, 2.45) is 0 Å². The van der Waals surface area contributed by atoms with E-state index < -0.39 is 5.91 Å². The van der Waals surface area contributed by atoms with Gasteiger partial charge >= 0.3 is 0 Å². The number of anilines is 1. The van der Waals surface area contributed by atoms with Crippen molar-refractivity contribution in [3.63, 3.8) is 0 Å². The Kier molecular flexibility index (Phi) is 6.57. The van der Waals surface area contributed by atoms with Gasteiger partial charge in [0, 0.05) is 41.4 Å². The maximum Gasteiger partial charge on any atom is 0.266 e. The molecule has 1 saturated heterocycles. The Labute approximate surface area is 192 Å². The van der Waals surface area contributed by atoms with E-state index in [1.54, 1.807) is 11.0 Å². The third-order valence-electron chi connectivity index (χ3n) is 5.92. The highest BCUT2D eigenvalue weighted by molar-refractivity contribution is 6.10. The second-order valence-corrected chi connectivity index (χ2v) is 8.15. The average molecular weight is 443 g/mol. The van der Waals surface area contributed by atoms with Gasteiger partial charge in [-0.3, -0.25) is 9.59 Å². The molecule has 1 aliphatic rings. The summed E-state index contributed by atoms with van der Waals surface area (Å²) in [7, 11) is 0. The minimum atomic E-state index is -0.470. The lowest BCUT2D eigenvalue weighted by atomic mass is 10.1. The lowest BCUT2D eigenvalue weighted by Gasteiger charge is -2.27. The molecule has 1 aliphatic heterocycles. The van der Waals surface area contributed by atoms with Crippen LogP contribution in [0.25, 0.3) is 17.0 Å². The fourth-order valence-electron chi connectivity index (χ4n) is 3.90. The summed E-state index contributed by atoms with van der Waals surface area (Å²) in [5, 5.41) is 13.3. The zero-order chi connectivity index (χ0) is 23.4. The van der Waals surface area contributed by atoms with E-state index >= 15 is 0 Å². The Morgan fingerprint density at radius 2 is 1.88 bits per heavy atom. The second kappa shape index (κ2) is 9.72. The Morgan fingerprint density at radius 1 is 1.12 bits per heavy atom. The summed E-state index contributed by atoms with van der Waals surface area (Å²) in [6.45, 7) is 6.43. The molecule has 7 nitrogen and oxygen atoms in total. The third kappa shape index (κ3) is 4.97. The van der Waals surface area contributed by atoms with Crippen LogP contribution in [0.5, 0.6) is 0 Å². The molecule has 3 aromatic rings. The summed E-state index contributed by atoms with van der Waals surface area (Å²) >= 11 is 0. The van der Waals surface area contributed by atoms with E-state index in [0.29, 0.717) is 37.6 Å². The molecule has 0 saturated carbocycles. The number of carbonyl (C=O) groups excluding carboxylic acids is 2. The molecule has 0 unspecified atom stereocenters. The molecule has 0 atom stereocenters. The zero-order valence-electron chi connectivity index (χ0n) is 18.8. The topological polar surface area (TPSA) is 87.4 Å². The van der Waals surface area contributed by atoms with Gasteiger partial charge in [-0.05, 0) is 49.2 Å². The van der Waals surface area contributed by atoms with Gasteiger partial charge in [-0.25, -0.2) is 0 Å². The fraction of sp³-hybridized carbons (Fsp3) is 0.269. The number of hydrogen-bond acceptors (Lipinski definition) is 4. The molecule has 1 fully saturated rings. The van der Waals surface area contributed by atoms with Crippen molar-refractivity contribution in [1.29, 1.82) is 5.26 Å².